The van der Waals surface area contributed by atoms with Crippen LogP contribution in [0.5, 0.6) is 0 Å². The van der Waals surface area contributed by atoms with Gasteiger partial charge in [0, 0.05) is 26.8 Å². The lowest BCUT2D eigenvalue weighted by Gasteiger charge is -2.20. The summed E-state index contributed by atoms with van der Waals surface area (Å²) in [4.78, 5) is 2.03. The molecule has 0 unspecified atom stereocenters. The molecule has 1 aromatic rings. The molecular weight excluding hydrogens is 220 g/mol. The van der Waals surface area contributed by atoms with E-state index in [0.717, 1.165) is 30.3 Å². The van der Waals surface area contributed by atoms with Crippen molar-refractivity contribution >= 4 is 17.3 Å². The number of aromatic nitrogens is 2. The van der Waals surface area contributed by atoms with Crippen molar-refractivity contribution in [2.75, 3.05) is 13.6 Å². The summed E-state index contributed by atoms with van der Waals surface area (Å²) in [5.74, 6) is 0. The molecule has 0 atom stereocenters. The number of nitrogens with zero attached hydrogens (tertiary/aromatic N) is 3. The van der Waals surface area contributed by atoms with Gasteiger partial charge in [0.25, 0.3) is 0 Å². The van der Waals surface area contributed by atoms with Crippen LogP contribution in [-0.2, 0) is 13.6 Å². The molecule has 0 aliphatic rings. The van der Waals surface area contributed by atoms with Crippen LogP contribution in [0.15, 0.2) is 12.3 Å². The van der Waals surface area contributed by atoms with Crippen molar-refractivity contribution in [3.8, 4) is 0 Å². The molecule has 0 saturated heterocycles. The van der Waals surface area contributed by atoms with Gasteiger partial charge in [0.15, 0.2) is 5.11 Å². The predicted molar refractivity (Wildman–Crippen MR) is 70.2 cm³/mol. The van der Waals surface area contributed by atoms with Crippen molar-refractivity contribution in [1.29, 1.82) is 0 Å². The van der Waals surface area contributed by atoms with Gasteiger partial charge in [-0.3, -0.25) is 4.68 Å². The second-order valence-electron chi connectivity index (χ2n) is 3.89. The first-order valence-corrected chi connectivity index (χ1v) is 6.01. The minimum absolute atomic E-state index is 0.786. The zero-order valence-electron chi connectivity index (χ0n) is 10.2. The average molecular weight is 240 g/mol. The number of rotatable bonds is 5. The molecule has 0 aliphatic carbocycles. The van der Waals surface area contributed by atoms with E-state index < -0.39 is 0 Å². The van der Waals surface area contributed by atoms with Gasteiger partial charge in [0.1, 0.15) is 0 Å². The van der Waals surface area contributed by atoms with E-state index in [4.69, 9.17) is 12.2 Å². The Kier molecular flexibility index (Phi) is 5.25. The molecule has 0 saturated carbocycles. The van der Waals surface area contributed by atoms with Crippen LogP contribution in [-0.4, -0.2) is 33.4 Å². The van der Waals surface area contributed by atoms with Gasteiger partial charge in [-0.05, 0) is 24.7 Å². The van der Waals surface area contributed by atoms with E-state index in [1.807, 2.05) is 29.7 Å². The molecular formula is C11H20N4S. The Balaban J connectivity index is 2.37. The van der Waals surface area contributed by atoms with Gasteiger partial charge in [0.05, 0.1) is 12.2 Å². The van der Waals surface area contributed by atoms with Crippen LogP contribution < -0.4 is 5.32 Å². The molecule has 1 rings (SSSR count). The molecule has 0 aliphatic heterocycles. The largest absolute Gasteiger partial charge is 0.363 e. The van der Waals surface area contributed by atoms with Gasteiger partial charge >= 0.3 is 0 Å². The summed E-state index contributed by atoms with van der Waals surface area (Å²) in [6, 6.07) is 2.01. The first-order chi connectivity index (χ1) is 7.65. The standard InChI is InChI=1S/C11H20N4S/c1-4-5-7-12-11(16)14(2)9-10-6-8-13-15(10)3/h6,8H,4-5,7,9H2,1-3H3,(H,12,16). The van der Waals surface area contributed by atoms with Crippen molar-refractivity contribution in [2.45, 2.75) is 26.3 Å². The molecule has 0 aromatic carbocycles. The lowest BCUT2D eigenvalue weighted by Crippen LogP contribution is -2.37. The van der Waals surface area contributed by atoms with Crippen molar-refractivity contribution in [3.05, 3.63) is 18.0 Å². The zero-order chi connectivity index (χ0) is 12.0. The van der Waals surface area contributed by atoms with Crippen LogP contribution in [0, 0.1) is 0 Å². The first kappa shape index (κ1) is 13.0. The predicted octanol–water partition coefficient (Wildman–Crippen LogP) is 1.53. The SMILES string of the molecule is CCCCNC(=S)N(C)Cc1ccnn1C. The lowest BCUT2D eigenvalue weighted by molar-refractivity contribution is 0.465. The molecule has 16 heavy (non-hydrogen) atoms. The Morgan fingerprint density at radius 1 is 1.62 bits per heavy atom. The van der Waals surface area contributed by atoms with Crippen LogP contribution in [0.2, 0.25) is 0 Å². The van der Waals surface area contributed by atoms with Crippen molar-refractivity contribution in [1.82, 2.24) is 20.0 Å². The highest BCUT2D eigenvalue weighted by Gasteiger charge is 2.06. The number of thiocarbonyl (C=S) groups is 1. The van der Waals surface area contributed by atoms with Gasteiger partial charge < -0.3 is 10.2 Å². The number of aryl methyl sites for hydroxylation is 1. The Morgan fingerprint density at radius 3 is 2.94 bits per heavy atom. The summed E-state index contributed by atoms with van der Waals surface area (Å²) in [5, 5.41) is 8.17. The molecule has 1 aromatic heterocycles. The summed E-state index contributed by atoms with van der Waals surface area (Å²) < 4.78 is 1.87. The average Bonchev–Trinajstić information content (AvgIpc) is 2.64. The molecule has 1 N–H and O–H groups in total. The molecule has 0 bridgehead atoms. The highest BCUT2D eigenvalue weighted by molar-refractivity contribution is 7.80. The summed E-state index contributed by atoms with van der Waals surface area (Å²) in [6.07, 6.45) is 4.14. The molecule has 0 radical (unpaired) electrons. The summed E-state index contributed by atoms with van der Waals surface area (Å²) in [6.45, 7) is 3.91. The normalized spacial score (nSPS) is 10.2. The highest BCUT2D eigenvalue weighted by Crippen LogP contribution is 2.01. The van der Waals surface area contributed by atoms with E-state index in [2.05, 4.69) is 17.3 Å². The topological polar surface area (TPSA) is 33.1 Å². The second-order valence-corrected chi connectivity index (χ2v) is 4.27. The van der Waals surface area contributed by atoms with Crippen molar-refractivity contribution < 1.29 is 0 Å². The number of hydrogen-bond acceptors (Lipinski definition) is 2. The second kappa shape index (κ2) is 6.48. The number of nitrogens with one attached hydrogen (secondary N) is 1. The minimum atomic E-state index is 0.786. The maximum absolute atomic E-state index is 5.29. The van der Waals surface area contributed by atoms with E-state index in [9.17, 15) is 0 Å². The van der Waals surface area contributed by atoms with Crippen LogP contribution in [0.3, 0.4) is 0 Å². The molecule has 5 heteroatoms. The van der Waals surface area contributed by atoms with E-state index >= 15 is 0 Å². The minimum Gasteiger partial charge on any atom is -0.363 e. The highest BCUT2D eigenvalue weighted by atomic mass is 32.1. The fourth-order valence-corrected chi connectivity index (χ4v) is 1.54. The summed E-state index contributed by atoms with van der Waals surface area (Å²) in [5.41, 5.74) is 1.15. The summed E-state index contributed by atoms with van der Waals surface area (Å²) in [7, 11) is 3.94. The summed E-state index contributed by atoms with van der Waals surface area (Å²) >= 11 is 5.29. The van der Waals surface area contributed by atoms with E-state index in [1.165, 1.54) is 6.42 Å². The van der Waals surface area contributed by atoms with Gasteiger partial charge in [-0.15, -0.1) is 0 Å². The lowest BCUT2D eigenvalue weighted by atomic mass is 10.3. The molecule has 1 heterocycles. The van der Waals surface area contributed by atoms with Gasteiger partial charge in [-0.2, -0.15) is 5.10 Å². The van der Waals surface area contributed by atoms with E-state index in [0.29, 0.717) is 0 Å². The smallest absolute Gasteiger partial charge is 0.169 e. The van der Waals surface area contributed by atoms with Gasteiger partial charge in [-0.1, -0.05) is 13.3 Å². The van der Waals surface area contributed by atoms with Crippen LogP contribution in [0.4, 0.5) is 0 Å². The maximum atomic E-state index is 5.29. The van der Waals surface area contributed by atoms with Crippen molar-refractivity contribution in [3.63, 3.8) is 0 Å². The molecule has 0 fully saturated rings. The van der Waals surface area contributed by atoms with Crippen LogP contribution in [0.1, 0.15) is 25.5 Å². The fraction of sp³-hybridized carbons (Fsp3) is 0.636. The number of unbranched alkanes of at least 4 members (excludes halogenated alkanes) is 1. The molecule has 90 valence electrons. The van der Waals surface area contributed by atoms with E-state index in [-0.39, 0.29) is 0 Å². The maximum Gasteiger partial charge on any atom is 0.169 e. The Hall–Kier alpha value is -1.10. The third-order valence-electron chi connectivity index (χ3n) is 2.47. The zero-order valence-corrected chi connectivity index (χ0v) is 11.0. The van der Waals surface area contributed by atoms with Crippen LogP contribution >= 0.6 is 12.2 Å². The number of hydrogen-bond donors (Lipinski definition) is 1. The monoisotopic (exact) mass is 240 g/mol. The first-order valence-electron chi connectivity index (χ1n) is 5.61. The molecule has 0 amide bonds. The van der Waals surface area contributed by atoms with Crippen LogP contribution in [0.25, 0.3) is 0 Å². The Bertz CT molecular complexity index is 334. The Labute approximate surface area is 103 Å². The quantitative estimate of drug-likeness (QED) is 0.625. The Morgan fingerprint density at radius 2 is 2.38 bits per heavy atom. The fourth-order valence-electron chi connectivity index (χ4n) is 1.38. The van der Waals surface area contributed by atoms with Gasteiger partial charge in [-0.25, -0.2) is 0 Å². The van der Waals surface area contributed by atoms with Gasteiger partial charge in [0.2, 0.25) is 0 Å². The third-order valence-corrected chi connectivity index (χ3v) is 2.93. The van der Waals surface area contributed by atoms with E-state index in [1.54, 1.807) is 6.20 Å². The molecule has 0 spiro atoms. The molecule has 4 nitrogen and oxygen atoms in total. The van der Waals surface area contributed by atoms with Crippen molar-refractivity contribution in [2.24, 2.45) is 7.05 Å². The third kappa shape index (κ3) is 3.81.